The first-order valence-electron chi connectivity index (χ1n) is 5.63. The molecule has 0 rings (SSSR count). The van der Waals surface area contributed by atoms with Gasteiger partial charge in [-0.2, -0.15) is 0 Å². The summed E-state index contributed by atoms with van der Waals surface area (Å²) in [4.78, 5) is 0. The summed E-state index contributed by atoms with van der Waals surface area (Å²) in [5, 5.41) is 0. The average Bonchev–Trinajstić information content (AvgIpc) is 2.16. The lowest BCUT2D eigenvalue weighted by atomic mass is 9.75. The molecule has 0 heterocycles. The molecule has 0 spiro atoms. The van der Waals surface area contributed by atoms with Crippen LogP contribution in [0, 0.1) is 11.3 Å². The molecular weight excluding hydrogens is 188 g/mol. The molecule has 0 radical (unpaired) electrons. The minimum absolute atomic E-state index is 0.0480. The van der Waals surface area contributed by atoms with Crippen LogP contribution in [0.2, 0.25) is 0 Å². The molecule has 0 N–H and O–H groups in total. The molecule has 0 aromatic rings. The maximum atomic E-state index is 5.36. The third-order valence-corrected chi connectivity index (χ3v) is 2.91. The van der Waals surface area contributed by atoms with Crippen molar-refractivity contribution in [1.82, 2.24) is 0 Å². The van der Waals surface area contributed by atoms with Crippen molar-refractivity contribution in [1.29, 1.82) is 0 Å². The minimum atomic E-state index is 0.0480. The molecule has 2 nitrogen and oxygen atoms in total. The van der Waals surface area contributed by atoms with E-state index in [0.717, 1.165) is 19.6 Å². The summed E-state index contributed by atoms with van der Waals surface area (Å²) < 4.78 is 10.7. The zero-order valence-corrected chi connectivity index (χ0v) is 11.1. The number of rotatable bonds is 7. The fourth-order valence-electron chi connectivity index (χ4n) is 2.19. The Bertz CT molecular complexity index is 189. The number of hydrogen-bond acceptors (Lipinski definition) is 2. The Morgan fingerprint density at radius 1 is 1.20 bits per heavy atom. The van der Waals surface area contributed by atoms with E-state index >= 15 is 0 Å². The second kappa shape index (κ2) is 7.02. The summed E-state index contributed by atoms with van der Waals surface area (Å²) in [7, 11) is 3.52. The van der Waals surface area contributed by atoms with Gasteiger partial charge in [0.1, 0.15) is 0 Å². The fraction of sp³-hybridized carbons (Fsp3) is 0.846. The SMILES string of the molecule is C/C=C(/C)C(COC)(COC)CC(C)C. The number of methoxy groups -OCH3 is 2. The molecule has 0 atom stereocenters. The largest absolute Gasteiger partial charge is 0.384 e. The number of ether oxygens (including phenoxy) is 2. The standard InChI is InChI=1S/C13H26O2/c1-7-12(4)13(9-14-5,10-15-6)8-11(2)3/h7,11H,8-10H2,1-6H3/b12-7-. The lowest BCUT2D eigenvalue weighted by molar-refractivity contribution is 0.0207. The van der Waals surface area contributed by atoms with Crippen LogP contribution in [0.15, 0.2) is 11.6 Å². The van der Waals surface area contributed by atoms with Crippen molar-refractivity contribution in [2.75, 3.05) is 27.4 Å². The first-order chi connectivity index (χ1) is 7.02. The van der Waals surface area contributed by atoms with E-state index < -0.39 is 0 Å². The Balaban J connectivity index is 4.88. The summed E-state index contributed by atoms with van der Waals surface area (Å²) in [5.74, 6) is 0.644. The van der Waals surface area contributed by atoms with Crippen LogP contribution in [-0.2, 0) is 9.47 Å². The quantitative estimate of drug-likeness (QED) is 0.605. The summed E-state index contributed by atoms with van der Waals surface area (Å²) in [6.07, 6.45) is 3.27. The number of allylic oxidation sites excluding steroid dienone is 1. The van der Waals surface area contributed by atoms with E-state index in [9.17, 15) is 0 Å². The van der Waals surface area contributed by atoms with E-state index in [-0.39, 0.29) is 5.41 Å². The van der Waals surface area contributed by atoms with Gasteiger partial charge in [-0.15, -0.1) is 0 Å². The molecule has 0 unspecified atom stereocenters. The van der Waals surface area contributed by atoms with Gasteiger partial charge in [0.2, 0.25) is 0 Å². The van der Waals surface area contributed by atoms with Gasteiger partial charge < -0.3 is 9.47 Å². The summed E-state index contributed by atoms with van der Waals surface area (Å²) >= 11 is 0. The van der Waals surface area contributed by atoms with Gasteiger partial charge in [0.05, 0.1) is 13.2 Å². The first kappa shape index (κ1) is 14.7. The maximum Gasteiger partial charge on any atom is 0.0578 e. The minimum Gasteiger partial charge on any atom is -0.384 e. The van der Waals surface area contributed by atoms with Crippen molar-refractivity contribution >= 4 is 0 Å². The highest BCUT2D eigenvalue weighted by Crippen LogP contribution is 2.35. The third kappa shape index (κ3) is 4.35. The Morgan fingerprint density at radius 3 is 1.93 bits per heavy atom. The highest BCUT2D eigenvalue weighted by atomic mass is 16.5. The van der Waals surface area contributed by atoms with Crippen LogP contribution in [0.4, 0.5) is 0 Å². The fourth-order valence-corrected chi connectivity index (χ4v) is 2.19. The Hall–Kier alpha value is -0.340. The van der Waals surface area contributed by atoms with Crippen LogP contribution >= 0.6 is 0 Å². The Kier molecular flexibility index (Phi) is 6.86. The average molecular weight is 214 g/mol. The molecule has 0 bridgehead atoms. The van der Waals surface area contributed by atoms with E-state index in [1.165, 1.54) is 5.57 Å². The third-order valence-electron chi connectivity index (χ3n) is 2.91. The smallest absolute Gasteiger partial charge is 0.0578 e. The van der Waals surface area contributed by atoms with Gasteiger partial charge in [0, 0.05) is 19.6 Å². The second-order valence-corrected chi connectivity index (χ2v) is 4.72. The lowest BCUT2D eigenvalue weighted by Gasteiger charge is -2.35. The molecule has 0 aromatic heterocycles. The topological polar surface area (TPSA) is 18.5 Å². The molecular formula is C13H26O2. The molecule has 0 aliphatic carbocycles. The van der Waals surface area contributed by atoms with Crippen molar-refractivity contribution in [3.8, 4) is 0 Å². The van der Waals surface area contributed by atoms with Crippen LogP contribution in [0.3, 0.4) is 0 Å². The van der Waals surface area contributed by atoms with Crippen LogP contribution in [0.5, 0.6) is 0 Å². The van der Waals surface area contributed by atoms with Crippen molar-refractivity contribution in [3.05, 3.63) is 11.6 Å². The maximum absolute atomic E-state index is 5.36. The summed E-state index contributed by atoms with van der Waals surface area (Å²) in [6, 6.07) is 0. The van der Waals surface area contributed by atoms with Gasteiger partial charge in [-0.3, -0.25) is 0 Å². The Morgan fingerprint density at radius 2 is 1.67 bits per heavy atom. The molecule has 0 aliphatic heterocycles. The van der Waals surface area contributed by atoms with Gasteiger partial charge >= 0.3 is 0 Å². The van der Waals surface area contributed by atoms with Crippen molar-refractivity contribution < 1.29 is 9.47 Å². The zero-order chi connectivity index (χ0) is 11.9. The molecule has 0 aromatic carbocycles. The zero-order valence-electron chi connectivity index (χ0n) is 11.1. The molecule has 0 aliphatic rings. The molecule has 90 valence electrons. The van der Waals surface area contributed by atoms with E-state index in [1.807, 2.05) is 0 Å². The van der Waals surface area contributed by atoms with E-state index in [1.54, 1.807) is 14.2 Å². The molecule has 0 fully saturated rings. The second-order valence-electron chi connectivity index (χ2n) is 4.72. The van der Waals surface area contributed by atoms with Crippen LogP contribution < -0.4 is 0 Å². The number of hydrogen-bond donors (Lipinski definition) is 0. The van der Waals surface area contributed by atoms with Gasteiger partial charge in [0.25, 0.3) is 0 Å². The van der Waals surface area contributed by atoms with Crippen LogP contribution in [0.25, 0.3) is 0 Å². The van der Waals surface area contributed by atoms with Gasteiger partial charge in [0.15, 0.2) is 0 Å². The monoisotopic (exact) mass is 214 g/mol. The molecule has 0 saturated heterocycles. The Labute approximate surface area is 94.7 Å². The highest BCUT2D eigenvalue weighted by Gasteiger charge is 2.32. The van der Waals surface area contributed by atoms with Crippen LogP contribution in [-0.4, -0.2) is 27.4 Å². The molecule has 0 saturated carbocycles. The normalized spacial score (nSPS) is 13.7. The predicted octanol–water partition coefficient (Wildman–Crippen LogP) is 3.28. The van der Waals surface area contributed by atoms with Crippen molar-refractivity contribution in [2.24, 2.45) is 11.3 Å². The van der Waals surface area contributed by atoms with E-state index in [0.29, 0.717) is 5.92 Å². The summed E-state index contributed by atoms with van der Waals surface area (Å²) in [5.41, 5.74) is 1.41. The molecule has 0 amide bonds. The van der Waals surface area contributed by atoms with Gasteiger partial charge in [-0.1, -0.05) is 25.5 Å². The van der Waals surface area contributed by atoms with Gasteiger partial charge in [-0.25, -0.2) is 0 Å². The first-order valence-corrected chi connectivity index (χ1v) is 5.63. The lowest BCUT2D eigenvalue weighted by Crippen LogP contribution is -2.34. The van der Waals surface area contributed by atoms with Crippen LogP contribution in [0.1, 0.15) is 34.1 Å². The van der Waals surface area contributed by atoms with E-state index in [2.05, 4.69) is 33.8 Å². The van der Waals surface area contributed by atoms with Crippen molar-refractivity contribution in [2.45, 2.75) is 34.1 Å². The molecule has 15 heavy (non-hydrogen) atoms. The van der Waals surface area contributed by atoms with Gasteiger partial charge in [-0.05, 0) is 26.2 Å². The predicted molar refractivity (Wildman–Crippen MR) is 65.1 cm³/mol. The van der Waals surface area contributed by atoms with E-state index in [4.69, 9.17) is 9.47 Å². The van der Waals surface area contributed by atoms with Crippen molar-refractivity contribution in [3.63, 3.8) is 0 Å². The molecule has 2 heteroatoms. The summed E-state index contributed by atoms with van der Waals surface area (Å²) in [6.45, 7) is 10.2. The highest BCUT2D eigenvalue weighted by molar-refractivity contribution is 5.12.